The minimum Gasteiger partial charge on any atom is -0.452 e. The number of hydrogen-bond acceptors (Lipinski definition) is 7. The Bertz CT molecular complexity index is 1160. The molecule has 0 aliphatic carbocycles. The molecule has 1 atom stereocenters. The highest BCUT2D eigenvalue weighted by Gasteiger charge is 2.34. The van der Waals surface area contributed by atoms with Gasteiger partial charge >= 0.3 is 11.9 Å². The summed E-state index contributed by atoms with van der Waals surface area (Å²) in [5.41, 5.74) is 1.80. The van der Waals surface area contributed by atoms with Crippen LogP contribution in [-0.2, 0) is 24.2 Å². The summed E-state index contributed by atoms with van der Waals surface area (Å²) in [5, 5.41) is 0.278. The van der Waals surface area contributed by atoms with Gasteiger partial charge in [0.25, 0.3) is 5.91 Å². The summed E-state index contributed by atoms with van der Waals surface area (Å²) in [4.78, 5) is 37.4. The Morgan fingerprint density at radius 2 is 1.76 bits per heavy atom. The molecular formula is C23H24ClNO7S. The highest BCUT2D eigenvalue weighted by Crippen LogP contribution is 2.30. The number of rotatable bonds is 7. The lowest BCUT2D eigenvalue weighted by Gasteiger charge is -2.26. The van der Waals surface area contributed by atoms with Gasteiger partial charge in [-0.05, 0) is 48.7 Å². The van der Waals surface area contributed by atoms with E-state index in [0.717, 1.165) is 11.1 Å². The van der Waals surface area contributed by atoms with Crippen molar-refractivity contribution >= 4 is 39.3 Å². The summed E-state index contributed by atoms with van der Waals surface area (Å²) < 4.78 is 33.5. The highest BCUT2D eigenvalue weighted by molar-refractivity contribution is 7.91. The van der Waals surface area contributed by atoms with Crippen LogP contribution in [0.5, 0.6) is 5.75 Å². The Morgan fingerprint density at radius 1 is 1.09 bits per heavy atom. The fourth-order valence-electron chi connectivity index (χ4n) is 3.67. The molecule has 0 N–H and O–H groups in total. The van der Waals surface area contributed by atoms with E-state index in [-0.39, 0.29) is 33.9 Å². The molecule has 2 aromatic rings. The maximum Gasteiger partial charge on any atom is 0.338 e. The molecule has 1 heterocycles. The van der Waals surface area contributed by atoms with Crippen molar-refractivity contribution in [3.05, 3.63) is 53.1 Å². The number of sulfone groups is 1. The van der Waals surface area contributed by atoms with Gasteiger partial charge < -0.3 is 14.4 Å². The molecule has 0 bridgehead atoms. The number of nitrogens with zero attached hydrogens (tertiary/aromatic N) is 1. The molecular weight excluding hydrogens is 470 g/mol. The van der Waals surface area contributed by atoms with Gasteiger partial charge in [-0.1, -0.05) is 29.8 Å². The van der Waals surface area contributed by atoms with E-state index in [4.69, 9.17) is 21.1 Å². The normalized spacial score (nSPS) is 16.8. The number of carbonyl (C=O) groups excluding carboxylic acids is 3. The third-order valence-electron chi connectivity index (χ3n) is 5.28. The van der Waals surface area contributed by atoms with Crippen molar-refractivity contribution in [2.75, 3.05) is 24.7 Å². The number of ether oxygens (including phenoxy) is 2. The lowest BCUT2D eigenvalue weighted by Crippen LogP contribution is -2.43. The average Bonchev–Trinajstić information content (AvgIpc) is 3.13. The van der Waals surface area contributed by atoms with E-state index < -0.39 is 34.3 Å². The van der Waals surface area contributed by atoms with Gasteiger partial charge in [0.15, 0.2) is 16.4 Å². The van der Waals surface area contributed by atoms with Gasteiger partial charge in [-0.2, -0.15) is 0 Å². The van der Waals surface area contributed by atoms with E-state index in [0.29, 0.717) is 13.0 Å². The quantitative estimate of drug-likeness (QED) is 0.430. The van der Waals surface area contributed by atoms with Crippen molar-refractivity contribution < 1.29 is 32.3 Å². The van der Waals surface area contributed by atoms with Crippen molar-refractivity contribution in [1.82, 2.24) is 4.90 Å². The molecule has 1 saturated heterocycles. The molecule has 2 aromatic carbocycles. The van der Waals surface area contributed by atoms with Crippen LogP contribution in [0.1, 0.15) is 30.6 Å². The van der Waals surface area contributed by atoms with Crippen LogP contribution in [0.3, 0.4) is 0 Å². The molecule has 1 unspecified atom stereocenters. The van der Waals surface area contributed by atoms with Crippen LogP contribution in [0, 0.1) is 0 Å². The minimum absolute atomic E-state index is 0.0608. The van der Waals surface area contributed by atoms with Gasteiger partial charge in [-0.15, -0.1) is 0 Å². The Balaban J connectivity index is 1.60. The van der Waals surface area contributed by atoms with E-state index >= 15 is 0 Å². The predicted molar refractivity (Wildman–Crippen MR) is 123 cm³/mol. The summed E-state index contributed by atoms with van der Waals surface area (Å²) in [6.45, 7) is 2.92. The summed E-state index contributed by atoms with van der Waals surface area (Å²) in [5.74, 6) is -1.30. The summed E-state index contributed by atoms with van der Waals surface area (Å²) in [6.07, 6.45) is 0.392. The number of amides is 1. The van der Waals surface area contributed by atoms with E-state index in [1.54, 1.807) is 49.4 Å². The topological polar surface area (TPSA) is 107 Å². The van der Waals surface area contributed by atoms with Gasteiger partial charge in [0.2, 0.25) is 0 Å². The molecule has 33 heavy (non-hydrogen) atoms. The molecule has 1 aliphatic heterocycles. The predicted octanol–water partition coefficient (Wildman–Crippen LogP) is 3.12. The zero-order valence-electron chi connectivity index (χ0n) is 18.2. The van der Waals surface area contributed by atoms with Crippen molar-refractivity contribution in [3.8, 4) is 16.9 Å². The average molecular weight is 494 g/mol. The van der Waals surface area contributed by atoms with Crippen LogP contribution in [0.2, 0.25) is 5.02 Å². The van der Waals surface area contributed by atoms with E-state index in [9.17, 15) is 22.8 Å². The van der Waals surface area contributed by atoms with Crippen LogP contribution in [0.25, 0.3) is 11.1 Å². The molecule has 10 heteroatoms. The van der Waals surface area contributed by atoms with Crippen LogP contribution in [0.4, 0.5) is 0 Å². The zero-order valence-corrected chi connectivity index (χ0v) is 19.8. The number of hydrogen-bond donors (Lipinski definition) is 0. The maximum absolute atomic E-state index is 12.5. The van der Waals surface area contributed by atoms with Crippen molar-refractivity contribution in [3.63, 3.8) is 0 Å². The van der Waals surface area contributed by atoms with Crippen LogP contribution in [0.15, 0.2) is 42.5 Å². The summed E-state index contributed by atoms with van der Waals surface area (Å²) in [7, 11) is -3.13. The summed E-state index contributed by atoms with van der Waals surface area (Å²) >= 11 is 6.16. The molecule has 176 valence electrons. The van der Waals surface area contributed by atoms with Crippen LogP contribution >= 0.6 is 11.6 Å². The largest absolute Gasteiger partial charge is 0.452 e. The number of esters is 2. The van der Waals surface area contributed by atoms with Gasteiger partial charge in [-0.3, -0.25) is 9.59 Å². The van der Waals surface area contributed by atoms with E-state index in [1.165, 1.54) is 11.8 Å². The first kappa shape index (κ1) is 24.7. The Hall–Kier alpha value is -2.91. The molecule has 1 aliphatic rings. The molecule has 0 saturated carbocycles. The van der Waals surface area contributed by atoms with Gasteiger partial charge in [-0.25, -0.2) is 13.2 Å². The van der Waals surface area contributed by atoms with E-state index in [2.05, 4.69) is 0 Å². The third kappa shape index (κ3) is 6.33. The second kappa shape index (κ2) is 10.4. The fourth-order valence-corrected chi connectivity index (χ4v) is 5.62. The Kier molecular flexibility index (Phi) is 7.76. The van der Waals surface area contributed by atoms with Gasteiger partial charge in [0.1, 0.15) is 5.75 Å². The third-order valence-corrected chi connectivity index (χ3v) is 7.32. The molecule has 0 spiro atoms. The SMILES string of the molecule is CCN(C(=O)COC(=O)c1ccc(-c2ccc(OC(C)=O)c(Cl)c2)cc1)C1CCS(=O)(=O)C1. The molecule has 3 rings (SSSR count). The Labute approximate surface area is 197 Å². The lowest BCUT2D eigenvalue weighted by atomic mass is 10.0. The monoisotopic (exact) mass is 493 g/mol. The van der Waals surface area contributed by atoms with Crippen molar-refractivity contribution in [2.45, 2.75) is 26.3 Å². The van der Waals surface area contributed by atoms with Crippen molar-refractivity contribution in [1.29, 1.82) is 0 Å². The first-order valence-electron chi connectivity index (χ1n) is 10.3. The standard InChI is InChI=1S/C23H24ClNO7S/c1-3-25(19-10-11-33(29,30)14-19)22(27)13-31-23(28)17-6-4-16(5-7-17)18-8-9-21(20(24)12-18)32-15(2)26/h4-9,12,19H,3,10-11,13-14H2,1-2H3. The van der Waals surface area contributed by atoms with E-state index in [1.807, 2.05) is 0 Å². The zero-order chi connectivity index (χ0) is 24.2. The second-order valence-electron chi connectivity index (χ2n) is 7.63. The Morgan fingerprint density at radius 3 is 2.30 bits per heavy atom. The minimum atomic E-state index is -3.13. The number of benzene rings is 2. The number of carbonyl (C=O) groups is 3. The molecule has 8 nitrogen and oxygen atoms in total. The maximum atomic E-state index is 12.5. The lowest BCUT2D eigenvalue weighted by molar-refractivity contribution is -0.136. The summed E-state index contributed by atoms with van der Waals surface area (Å²) in [6, 6.07) is 11.1. The number of halogens is 1. The van der Waals surface area contributed by atoms with Crippen molar-refractivity contribution in [2.24, 2.45) is 0 Å². The second-order valence-corrected chi connectivity index (χ2v) is 10.3. The van der Waals surface area contributed by atoms with Gasteiger partial charge in [0, 0.05) is 19.5 Å². The first-order valence-corrected chi connectivity index (χ1v) is 12.5. The van der Waals surface area contributed by atoms with Gasteiger partial charge in [0.05, 0.1) is 22.1 Å². The van der Waals surface area contributed by atoms with Crippen LogP contribution < -0.4 is 4.74 Å². The molecule has 1 amide bonds. The van der Waals surface area contributed by atoms with Crippen LogP contribution in [-0.4, -0.2) is 61.9 Å². The molecule has 0 radical (unpaired) electrons. The first-order chi connectivity index (χ1) is 15.6. The molecule has 1 fully saturated rings. The number of likely N-dealkylation sites (N-methyl/N-ethyl adjacent to an activating group) is 1. The smallest absolute Gasteiger partial charge is 0.338 e. The highest BCUT2D eigenvalue weighted by atomic mass is 35.5. The fraction of sp³-hybridized carbons (Fsp3) is 0.348. The molecule has 0 aromatic heterocycles.